The molecule has 1 aromatic heterocycles. The van der Waals surface area contributed by atoms with Crippen LogP contribution in [0.4, 0.5) is 0 Å². The van der Waals surface area contributed by atoms with E-state index in [0.717, 1.165) is 35.1 Å². The molecule has 30 heavy (non-hydrogen) atoms. The first-order valence-corrected chi connectivity index (χ1v) is 10.4. The molecule has 5 nitrogen and oxygen atoms in total. The van der Waals surface area contributed by atoms with Gasteiger partial charge in [0.05, 0.1) is 12.3 Å². The van der Waals surface area contributed by atoms with Crippen LogP contribution < -0.4 is 4.74 Å². The first-order chi connectivity index (χ1) is 14.2. The van der Waals surface area contributed by atoms with Gasteiger partial charge in [0.15, 0.2) is 5.82 Å². The van der Waals surface area contributed by atoms with Crippen molar-refractivity contribution < 1.29 is 4.74 Å². The van der Waals surface area contributed by atoms with Crippen LogP contribution in [0.5, 0.6) is 5.75 Å². The Balaban J connectivity index is 1.79. The number of nitrogens with zero attached hydrogens (tertiary/aromatic N) is 3. The molecule has 0 radical (unpaired) electrons. The Morgan fingerprint density at radius 2 is 1.93 bits per heavy atom. The number of aryl methyl sites for hydroxylation is 1. The average molecular weight is 405 g/mol. The first-order valence-electron chi connectivity index (χ1n) is 10.4. The molecule has 0 aliphatic heterocycles. The normalized spacial score (nSPS) is 14.4. The molecule has 3 rings (SSSR count). The molecule has 0 bridgehead atoms. The van der Waals surface area contributed by atoms with Gasteiger partial charge >= 0.3 is 0 Å². The van der Waals surface area contributed by atoms with Crippen molar-refractivity contribution in [2.75, 3.05) is 20.7 Å². The van der Waals surface area contributed by atoms with Crippen LogP contribution in [0.3, 0.4) is 0 Å². The summed E-state index contributed by atoms with van der Waals surface area (Å²) in [5, 5.41) is 8.49. The Morgan fingerprint density at radius 3 is 2.50 bits per heavy atom. The van der Waals surface area contributed by atoms with Crippen LogP contribution in [0.2, 0.25) is 0 Å². The van der Waals surface area contributed by atoms with Gasteiger partial charge in [0.1, 0.15) is 11.5 Å². The van der Waals surface area contributed by atoms with Gasteiger partial charge < -0.3 is 9.64 Å². The van der Waals surface area contributed by atoms with E-state index in [1.54, 1.807) is 12.3 Å². The molecule has 2 aromatic rings. The van der Waals surface area contributed by atoms with Crippen LogP contribution in [-0.4, -0.2) is 41.3 Å². The van der Waals surface area contributed by atoms with E-state index in [0.29, 0.717) is 11.4 Å². The van der Waals surface area contributed by atoms with Gasteiger partial charge in [-0.1, -0.05) is 26.5 Å². The lowest BCUT2D eigenvalue weighted by Gasteiger charge is -2.24. The number of nitrogens with one attached hydrogen (secondary N) is 1. The minimum atomic E-state index is 0.222. The second kappa shape index (κ2) is 8.82. The second-order valence-corrected chi connectivity index (χ2v) is 8.93. The number of aromatic nitrogens is 2. The monoisotopic (exact) mass is 404 g/mol. The lowest BCUT2D eigenvalue weighted by molar-refractivity contribution is 0.157. The Kier molecular flexibility index (Phi) is 6.40. The molecule has 1 aliphatic carbocycles. The number of ether oxygens (including phenoxy) is 1. The number of hydrogen-bond acceptors (Lipinski definition) is 5. The Hall–Kier alpha value is -2.95. The number of benzene rings is 1. The molecule has 5 heteroatoms. The van der Waals surface area contributed by atoms with E-state index >= 15 is 0 Å². The summed E-state index contributed by atoms with van der Waals surface area (Å²) < 4.78 is 6.05. The molecule has 1 aromatic carbocycles. The highest BCUT2D eigenvalue weighted by molar-refractivity contribution is 6.10. The van der Waals surface area contributed by atoms with Gasteiger partial charge in [0.2, 0.25) is 0 Å². The number of hydrogen-bond donors (Lipinski definition) is 1. The zero-order valence-corrected chi connectivity index (χ0v) is 18.7. The van der Waals surface area contributed by atoms with E-state index in [4.69, 9.17) is 10.1 Å². The summed E-state index contributed by atoms with van der Waals surface area (Å²) in [7, 11) is 3.82. The highest BCUT2D eigenvalue weighted by Crippen LogP contribution is 2.45. The largest absolute Gasteiger partial charge is 0.493 e. The van der Waals surface area contributed by atoms with Gasteiger partial charge in [-0.25, -0.2) is 9.97 Å². The summed E-state index contributed by atoms with van der Waals surface area (Å²) in [6, 6.07) is 8.02. The third-order valence-corrected chi connectivity index (χ3v) is 5.52. The second-order valence-electron chi connectivity index (χ2n) is 8.93. The van der Waals surface area contributed by atoms with Crippen molar-refractivity contribution in [3.8, 4) is 17.0 Å². The third kappa shape index (κ3) is 5.15. The molecule has 1 fully saturated rings. The van der Waals surface area contributed by atoms with Gasteiger partial charge in [0, 0.05) is 43.0 Å². The number of allylic oxidation sites excluding steroid dienone is 2. The first kappa shape index (κ1) is 21.8. The SMILES string of the molecule is C=C/C(=C\N(C)C)C(=N)c1ncc(C)c(-c2ccc(OCC(C)(C)C3CC3)cc2)n1. The van der Waals surface area contributed by atoms with Crippen LogP contribution in [0.15, 0.2) is 54.9 Å². The van der Waals surface area contributed by atoms with E-state index in [-0.39, 0.29) is 11.1 Å². The van der Waals surface area contributed by atoms with Crippen LogP contribution in [0, 0.1) is 23.7 Å². The molecular weight excluding hydrogens is 372 g/mol. The molecule has 0 spiro atoms. The van der Waals surface area contributed by atoms with Crippen molar-refractivity contribution in [2.45, 2.75) is 33.6 Å². The maximum Gasteiger partial charge on any atom is 0.178 e. The van der Waals surface area contributed by atoms with Crippen molar-refractivity contribution in [3.05, 3.63) is 66.3 Å². The molecule has 1 aliphatic rings. The van der Waals surface area contributed by atoms with Gasteiger partial charge in [-0.3, -0.25) is 5.41 Å². The molecule has 1 N–H and O–H groups in total. The fraction of sp³-hybridized carbons (Fsp3) is 0.400. The third-order valence-electron chi connectivity index (χ3n) is 5.52. The summed E-state index contributed by atoms with van der Waals surface area (Å²) >= 11 is 0. The van der Waals surface area contributed by atoms with Crippen molar-refractivity contribution in [2.24, 2.45) is 11.3 Å². The minimum absolute atomic E-state index is 0.222. The molecule has 0 saturated heterocycles. The van der Waals surface area contributed by atoms with E-state index in [1.165, 1.54) is 12.8 Å². The maximum atomic E-state index is 8.49. The van der Waals surface area contributed by atoms with Crippen LogP contribution in [-0.2, 0) is 0 Å². The van der Waals surface area contributed by atoms with E-state index in [1.807, 2.05) is 56.4 Å². The van der Waals surface area contributed by atoms with Crippen molar-refractivity contribution >= 4 is 5.71 Å². The molecule has 0 unspecified atom stereocenters. The van der Waals surface area contributed by atoms with Crippen molar-refractivity contribution in [1.29, 1.82) is 5.41 Å². The smallest absolute Gasteiger partial charge is 0.178 e. The van der Waals surface area contributed by atoms with Crippen LogP contribution >= 0.6 is 0 Å². The van der Waals surface area contributed by atoms with E-state index in [9.17, 15) is 0 Å². The molecule has 0 amide bonds. The van der Waals surface area contributed by atoms with Gasteiger partial charge in [-0.2, -0.15) is 0 Å². The van der Waals surface area contributed by atoms with E-state index in [2.05, 4.69) is 30.4 Å². The molecule has 1 heterocycles. The highest BCUT2D eigenvalue weighted by atomic mass is 16.5. The molecule has 158 valence electrons. The fourth-order valence-electron chi connectivity index (χ4n) is 3.44. The predicted octanol–water partition coefficient (Wildman–Crippen LogP) is 5.27. The Bertz CT molecular complexity index is 954. The Labute approximate surface area is 180 Å². The Morgan fingerprint density at radius 1 is 1.27 bits per heavy atom. The molecular formula is C25H32N4O. The fourth-order valence-corrected chi connectivity index (χ4v) is 3.44. The predicted molar refractivity (Wildman–Crippen MR) is 123 cm³/mol. The quantitative estimate of drug-likeness (QED) is 0.457. The average Bonchev–Trinajstić information content (AvgIpc) is 3.57. The summed E-state index contributed by atoms with van der Waals surface area (Å²) in [6.07, 6.45) is 7.90. The topological polar surface area (TPSA) is 62.1 Å². The summed E-state index contributed by atoms with van der Waals surface area (Å²) in [6.45, 7) is 11.1. The zero-order valence-electron chi connectivity index (χ0n) is 18.7. The lowest BCUT2D eigenvalue weighted by atomic mass is 9.88. The standard InChI is InChI=1S/C25H32N4O/c1-7-18(15-29(5)6)22(26)24-27-14-17(2)23(28-24)19-8-12-21(13-9-19)30-16-25(3,4)20-10-11-20/h7-9,12-15,20,26H,1,10-11,16H2,2-6H3/b18-15+,26-22?. The van der Waals surface area contributed by atoms with Crippen molar-refractivity contribution in [3.63, 3.8) is 0 Å². The van der Waals surface area contributed by atoms with Crippen LogP contribution in [0.25, 0.3) is 11.3 Å². The zero-order chi connectivity index (χ0) is 21.9. The van der Waals surface area contributed by atoms with E-state index < -0.39 is 0 Å². The summed E-state index contributed by atoms with van der Waals surface area (Å²) in [5.41, 5.74) is 3.92. The van der Waals surface area contributed by atoms with Gasteiger partial charge in [0.25, 0.3) is 0 Å². The molecule has 0 atom stereocenters. The molecule has 1 saturated carbocycles. The highest BCUT2D eigenvalue weighted by Gasteiger charge is 2.38. The van der Waals surface area contributed by atoms with Crippen LogP contribution in [0.1, 0.15) is 38.1 Å². The minimum Gasteiger partial charge on any atom is -0.493 e. The van der Waals surface area contributed by atoms with Gasteiger partial charge in [-0.15, -0.1) is 0 Å². The summed E-state index contributed by atoms with van der Waals surface area (Å²) in [4.78, 5) is 10.9. The van der Waals surface area contributed by atoms with Crippen molar-refractivity contribution in [1.82, 2.24) is 14.9 Å². The summed E-state index contributed by atoms with van der Waals surface area (Å²) in [5.74, 6) is 2.04. The van der Waals surface area contributed by atoms with Gasteiger partial charge in [-0.05, 0) is 55.5 Å². The lowest BCUT2D eigenvalue weighted by Crippen LogP contribution is -2.23. The maximum absolute atomic E-state index is 8.49. The number of rotatable bonds is 9.